The van der Waals surface area contributed by atoms with Crippen LogP contribution in [-0.4, -0.2) is 9.97 Å². The number of hydrogen-bond donors (Lipinski definition) is 1. The van der Waals surface area contributed by atoms with Crippen LogP contribution in [0.2, 0.25) is 0 Å². The highest BCUT2D eigenvalue weighted by molar-refractivity contribution is 5.71. The quantitative estimate of drug-likeness (QED) is 0.910. The molecule has 1 fully saturated rings. The number of nitrogen functional groups attached to an aromatic ring is 1. The van der Waals surface area contributed by atoms with Crippen molar-refractivity contribution in [2.24, 2.45) is 0 Å². The molecule has 104 valence electrons. The second kappa shape index (κ2) is 5.23. The SMILES string of the molecule is CC(C)c1c(N)ncnc1-c1ccccc1C1CCC1. The third-order valence-corrected chi connectivity index (χ3v) is 4.25. The number of anilines is 1. The maximum atomic E-state index is 6.08. The molecule has 2 aromatic rings. The van der Waals surface area contributed by atoms with E-state index in [9.17, 15) is 0 Å². The van der Waals surface area contributed by atoms with Gasteiger partial charge in [0.05, 0.1) is 5.69 Å². The van der Waals surface area contributed by atoms with Crippen molar-refractivity contribution in [3.05, 3.63) is 41.7 Å². The van der Waals surface area contributed by atoms with E-state index >= 15 is 0 Å². The van der Waals surface area contributed by atoms with Gasteiger partial charge in [-0.1, -0.05) is 44.5 Å². The van der Waals surface area contributed by atoms with Crippen LogP contribution in [0.4, 0.5) is 5.82 Å². The third-order valence-electron chi connectivity index (χ3n) is 4.25. The summed E-state index contributed by atoms with van der Waals surface area (Å²) in [6, 6.07) is 8.61. The highest BCUT2D eigenvalue weighted by Crippen LogP contribution is 2.42. The summed E-state index contributed by atoms with van der Waals surface area (Å²) in [5.74, 6) is 1.61. The second-order valence-electron chi connectivity index (χ2n) is 5.89. The molecule has 3 nitrogen and oxygen atoms in total. The molecule has 0 spiro atoms. The van der Waals surface area contributed by atoms with Gasteiger partial charge in [0.25, 0.3) is 0 Å². The van der Waals surface area contributed by atoms with Crippen LogP contribution in [0, 0.1) is 0 Å². The lowest BCUT2D eigenvalue weighted by Crippen LogP contribution is -2.11. The van der Waals surface area contributed by atoms with Crippen molar-refractivity contribution in [3.8, 4) is 11.3 Å². The van der Waals surface area contributed by atoms with E-state index in [4.69, 9.17) is 5.73 Å². The minimum absolute atomic E-state index is 0.320. The summed E-state index contributed by atoms with van der Waals surface area (Å²) in [7, 11) is 0. The van der Waals surface area contributed by atoms with Gasteiger partial charge in [-0.2, -0.15) is 0 Å². The molecule has 1 aliphatic carbocycles. The van der Waals surface area contributed by atoms with Crippen LogP contribution in [0.3, 0.4) is 0 Å². The molecule has 1 aliphatic rings. The van der Waals surface area contributed by atoms with E-state index in [1.165, 1.54) is 30.4 Å². The number of nitrogens with zero attached hydrogens (tertiary/aromatic N) is 2. The minimum atomic E-state index is 0.320. The molecule has 3 rings (SSSR count). The highest BCUT2D eigenvalue weighted by atomic mass is 14.9. The molecular weight excluding hydrogens is 246 g/mol. The summed E-state index contributed by atoms with van der Waals surface area (Å²) >= 11 is 0. The predicted molar refractivity (Wildman–Crippen MR) is 82.6 cm³/mol. The summed E-state index contributed by atoms with van der Waals surface area (Å²) in [4.78, 5) is 8.70. The molecule has 0 unspecified atom stereocenters. The first-order valence-corrected chi connectivity index (χ1v) is 7.38. The standard InChI is InChI=1S/C17H21N3/c1-11(2)15-16(19-10-20-17(15)18)14-9-4-3-8-13(14)12-6-5-7-12/h3-4,8-12H,5-7H2,1-2H3,(H2,18,19,20). The average Bonchev–Trinajstić information content (AvgIpc) is 2.36. The Balaban J connectivity index is 2.16. The topological polar surface area (TPSA) is 51.8 Å². The lowest BCUT2D eigenvalue weighted by atomic mass is 9.77. The zero-order chi connectivity index (χ0) is 14.1. The molecule has 0 aliphatic heterocycles. The van der Waals surface area contributed by atoms with Crippen molar-refractivity contribution in [1.29, 1.82) is 0 Å². The number of rotatable bonds is 3. The molecule has 3 heteroatoms. The molecule has 0 bridgehead atoms. The molecule has 1 heterocycles. The van der Waals surface area contributed by atoms with Gasteiger partial charge in [0.1, 0.15) is 12.1 Å². The summed E-state index contributed by atoms with van der Waals surface area (Å²) in [6.07, 6.45) is 5.49. The Morgan fingerprint density at radius 1 is 1.15 bits per heavy atom. The van der Waals surface area contributed by atoms with E-state index in [-0.39, 0.29) is 0 Å². The molecule has 20 heavy (non-hydrogen) atoms. The van der Waals surface area contributed by atoms with Gasteiger partial charge in [-0.15, -0.1) is 0 Å². The maximum Gasteiger partial charge on any atom is 0.130 e. The molecule has 1 aromatic heterocycles. The van der Waals surface area contributed by atoms with Gasteiger partial charge in [-0.05, 0) is 30.2 Å². The lowest BCUT2D eigenvalue weighted by molar-refractivity contribution is 0.420. The highest BCUT2D eigenvalue weighted by Gasteiger charge is 2.24. The van der Waals surface area contributed by atoms with Crippen LogP contribution < -0.4 is 5.73 Å². The van der Waals surface area contributed by atoms with Crippen LogP contribution in [0.15, 0.2) is 30.6 Å². The van der Waals surface area contributed by atoms with Crippen molar-refractivity contribution in [2.75, 3.05) is 5.73 Å². The molecule has 0 radical (unpaired) electrons. The van der Waals surface area contributed by atoms with Gasteiger partial charge in [-0.3, -0.25) is 0 Å². The Morgan fingerprint density at radius 3 is 2.55 bits per heavy atom. The van der Waals surface area contributed by atoms with E-state index in [0.717, 1.165) is 11.3 Å². The van der Waals surface area contributed by atoms with Crippen LogP contribution >= 0.6 is 0 Å². The van der Waals surface area contributed by atoms with E-state index in [1.54, 1.807) is 6.33 Å². The fourth-order valence-corrected chi connectivity index (χ4v) is 2.98. The van der Waals surface area contributed by atoms with Crippen molar-refractivity contribution >= 4 is 5.82 Å². The van der Waals surface area contributed by atoms with Gasteiger partial charge in [0, 0.05) is 11.1 Å². The van der Waals surface area contributed by atoms with E-state index in [1.807, 2.05) is 0 Å². The monoisotopic (exact) mass is 267 g/mol. The summed E-state index contributed by atoms with van der Waals surface area (Å²) in [5, 5.41) is 0. The first-order valence-electron chi connectivity index (χ1n) is 7.38. The van der Waals surface area contributed by atoms with Gasteiger partial charge in [-0.25, -0.2) is 9.97 Å². The predicted octanol–water partition coefficient (Wildman–Crippen LogP) is 4.12. The minimum Gasteiger partial charge on any atom is -0.383 e. The van der Waals surface area contributed by atoms with Crippen LogP contribution in [0.5, 0.6) is 0 Å². The van der Waals surface area contributed by atoms with Crippen molar-refractivity contribution in [2.45, 2.75) is 44.9 Å². The molecule has 1 saturated carbocycles. The first-order chi connectivity index (χ1) is 9.68. The molecule has 2 N–H and O–H groups in total. The van der Waals surface area contributed by atoms with Crippen LogP contribution in [0.1, 0.15) is 56.1 Å². The van der Waals surface area contributed by atoms with E-state index in [0.29, 0.717) is 17.7 Å². The summed E-state index contributed by atoms with van der Waals surface area (Å²) in [5.41, 5.74) is 10.8. The molecule has 0 saturated heterocycles. The first kappa shape index (κ1) is 13.1. The normalized spacial score (nSPS) is 15.3. The van der Waals surface area contributed by atoms with Gasteiger partial charge in [0.15, 0.2) is 0 Å². The Bertz CT molecular complexity index is 615. The zero-order valence-corrected chi connectivity index (χ0v) is 12.1. The van der Waals surface area contributed by atoms with E-state index < -0.39 is 0 Å². The number of benzene rings is 1. The van der Waals surface area contributed by atoms with Crippen molar-refractivity contribution in [1.82, 2.24) is 9.97 Å². The second-order valence-corrected chi connectivity index (χ2v) is 5.89. The van der Waals surface area contributed by atoms with Crippen LogP contribution in [0.25, 0.3) is 11.3 Å². The Hall–Kier alpha value is -1.90. The Labute approximate surface area is 120 Å². The Kier molecular flexibility index (Phi) is 3.43. The average molecular weight is 267 g/mol. The number of hydrogen-bond acceptors (Lipinski definition) is 3. The molecule has 0 atom stereocenters. The molecule has 1 aromatic carbocycles. The summed E-state index contributed by atoms with van der Waals surface area (Å²) < 4.78 is 0. The van der Waals surface area contributed by atoms with Crippen molar-refractivity contribution < 1.29 is 0 Å². The smallest absolute Gasteiger partial charge is 0.130 e. The fraction of sp³-hybridized carbons (Fsp3) is 0.412. The number of aromatic nitrogens is 2. The Morgan fingerprint density at radius 2 is 1.90 bits per heavy atom. The largest absolute Gasteiger partial charge is 0.383 e. The zero-order valence-electron chi connectivity index (χ0n) is 12.1. The van der Waals surface area contributed by atoms with Gasteiger partial charge < -0.3 is 5.73 Å². The lowest BCUT2D eigenvalue weighted by Gasteiger charge is -2.28. The fourth-order valence-electron chi connectivity index (χ4n) is 2.98. The maximum absolute atomic E-state index is 6.08. The third kappa shape index (κ3) is 2.17. The van der Waals surface area contributed by atoms with E-state index in [2.05, 4.69) is 48.1 Å². The molecular formula is C17H21N3. The van der Waals surface area contributed by atoms with Gasteiger partial charge >= 0.3 is 0 Å². The van der Waals surface area contributed by atoms with Crippen molar-refractivity contribution in [3.63, 3.8) is 0 Å². The molecule has 0 amide bonds. The summed E-state index contributed by atoms with van der Waals surface area (Å²) in [6.45, 7) is 4.29. The van der Waals surface area contributed by atoms with Gasteiger partial charge in [0.2, 0.25) is 0 Å². The number of nitrogens with two attached hydrogens (primary N) is 1. The van der Waals surface area contributed by atoms with Crippen LogP contribution in [-0.2, 0) is 0 Å².